The number of carbonyl (C=O) groups excluding carboxylic acids is 1. The van der Waals surface area contributed by atoms with Crippen LogP contribution in [0.25, 0.3) is 0 Å². The van der Waals surface area contributed by atoms with Crippen LogP contribution < -0.4 is 0 Å². The molecule has 74 valence electrons. The van der Waals surface area contributed by atoms with Crippen molar-refractivity contribution >= 4 is 5.78 Å². The van der Waals surface area contributed by atoms with E-state index in [9.17, 15) is 4.79 Å². The van der Waals surface area contributed by atoms with Crippen molar-refractivity contribution in [1.29, 1.82) is 0 Å². The number of ketones is 1. The summed E-state index contributed by atoms with van der Waals surface area (Å²) in [7, 11) is 0. The Balaban J connectivity index is 1.76. The van der Waals surface area contributed by atoms with Crippen LogP contribution in [-0.2, 0) is 4.79 Å². The smallest absolute Gasteiger partial charge is 0.136 e. The molecule has 2 saturated carbocycles. The fraction of sp³-hybridized carbons (Fsp3) is 0.917. The Kier molecular flexibility index (Phi) is 2.71. The van der Waals surface area contributed by atoms with Gasteiger partial charge >= 0.3 is 0 Å². The third-order valence-corrected chi connectivity index (χ3v) is 3.86. The fourth-order valence-electron chi connectivity index (χ4n) is 2.65. The average molecular weight is 180 g/mol. The predicted molar refractivity (Wildman–Crippen MR) is 53.5 cm³/mol. The summed E-state index contributed by atoms with van der Waals surface area (Å²) in [5, 5.41) is 0. The molecule has 0 spiro atoms. The molecule has 13 heavy (non-hydrogen) atoms. The van der Waals surface area contributed by atoms with Gasteiger partial charge < -0.3 is 0 Å². The quantitative estimate of drug-likeness (QED) is 0.652. The Morgan fingerprint density at radius 1 is 1.23 bits per heavy atom. The van der Waals surface area contributed by atoms with E-state index in [1.54, 1.807) is 0 Å². The number of hydrogen-bond acceptors (Lipinski definition) is 1. The zero-order valence-corrected chi connectivity index (χ0v) is 8.59. The lowest BCUT2D eigenvalue weighted by Crippen LogP contribution is -2.20. The summed E-state index contributed by atoms with van der Waals surface area (Å²) < 4.78 is 0. The van der Waals surface area contributed by atoms with Crippen LogP contribution in [-0.4, -0.2) is 5.78 Å². The minimum absolute atomic E-state index is 0.440. The lowest BCUT2D eigenvalue weighted by molar-refractivity contribution is -0.124. The normalized spacial score (nSPS) is 34.5. The molecular weight excluding hydrogens is 160 g/mol. The Bertz CT molecular complexity index is 193. The van der Waals surface area contributed by atoms with Crippen LogP contribution in [0.2, 0.25) is 0 Å². The second-order valence-corrected chi connectivity index (χ2v) is 5.08. The SMILES string of the molecule is CC1CCC(C(=O)CC2CCC2)C1. The standard InChI is InChI=1S/C12H20O/c1-9-5-6-11(7-9)12(13)8-10-3-2-4-10/h9-11H,2-8H2,1H3. The summed E-state index contributed by atoms with van der Waals surface area (Å²) in [6.45, 7) is 2.27. The number of hydrogen-bond donors (Lipinski definition) is 0. The molecule has 0 radical (unpaired) electrons. The molecule has 1 nitrogen and oxygen atoms in total. The van der Waals surface area contributed by atoms with Crippen molar-refractivity contribution in [1.82, 2.24) is 0 Å². The van der Waals surface area contributed by atoms with Crippen molar-refractivity contribution in [2.75, 3.05) is 0 Å². The molecule has 1 heteroatoms. The van der Waals surface area contributed by atoms with E-state index in [2.05, 4.69) is 6.92 Å². The molecule has 0 bridgehead atoms. The lowest BCUT2D eigenvalue weighted by atomic mass is 9.79. The molecule has 2 aliphatic rings. The summed E-state index contributed by atoms with van der Waals surface area (Å²) in [6.07, 6.45) is 8.51. The van der Waals surface area contributed by atoms with Crippen LogP contribution in [0.3, 0.4) is 0 Å². The highest BCUT2D eigenvalue weighted by Crippen LogP contribution is 2.35. The molecule has 2 aliphatic carbocycles. The highest BCUT2D eigenvalue weighted by molar-refractivity contribution is 5.81. The molecule has 0 heterocycles. The highest BCUT2D eigenvalue weighted by atomic mass is 16.1. The molecular formula is C12H20O. The first-order chi connectivity index (χ1) is 6.25. The highest BCUT2D eigenvalue weighted by Gasteiger charge is 2.30. The van der Waals surface area contributed by atoms with Crippen LogP contribution in [0.1, 0.15) is 51.9 Å². The predicted octanol–water partition coefficient (Wildman–Crippen LogP) is 3.18. The molecule has 2 atom stereocenters. The summed E-state index contributed by atoms with van der Waals surface area (Å²) in [4.78, 5) is 11.8. The molecule has 2 fully saturated rings. The van der Waals surface area contributed by atoms with E-state index in [-0.39, 0.29) is 0 Å². The maximum absolute atomic E-state index is 11.8. The van der Waals surface area contributed by atoms with Gasteiger partial charge in [-0.25, -0.2) is 0 Å². The molecule has 0 aromatic carbocycles. The molecule has 2 unspecified atom stereocenters. The van der Waals surface area contributed by atoms with Gasteiger partial charge in [0, 0.05) is 12.3 Å². The Morgan fingerprint density at radius 2 is 2.00 bits per heavy atom. The van der Waals surface area contributed by atoms with E-state index in [4.69, 9.17) is 0 Å². The molecule has 0 N–H and O–H groups in total. The van der Waals surface area contributed by atoms with Gasteiger partial charge in [-0.05, 0) is 31.1 Å². The second-order valence-electron chi connectivity index (χ2n) is 5.08. The van der Waals surface area contributed by atoms with Crippen LogP contribution in [0.15, 0.2) is 0 Å². The van der Waals surface area contributed by atoms with Crippen molar-refractivity contribution in [3.05, 3.63) is 0 Å². The number of carbonyl (C=O) groups is 1. The van der Waals surface area contributed by atoms with Crippen molar-refractivity contribution < 1.29 is 4.79 Å². The van der Waals surface area contributed by atoms with Crippen LogP contribution in [0.4, 0.5) is 0 Å². The largest absolute Gasteiger partial charge is 0.299 e. The minimum Gasteiger partial charge on any atom is -0.299 e. The molecule has 0 aromatic heterocycles. The number of rotatable bonds is 3. The van der Waals surface area contributed by atoms with Gasteiger partial charge in [0.05, 0.1) is 0 Å². The maximum Gasteiger partial charge on any atom is 0.136 e. The van der Waals surface area contributed by atoms with Crippen LogP contribution >= 0.6 is 0 Å². The fourth-order valence-corrected chi connectivity index (χ4v) is 2.65. The average Bonchev–Trinajstić information content (AvgIpc) is 2.44. The first-order valence-corrected chi connectivity index (χ1v) is 5.78. The van der Waals surface area contributed by atoms with Gasteiger partial charge in [-0.1, -0.05) is 26.2 Å². The van der Waals surface area contributed by atoms with Gasteiger partial charge in [0.1, 0.15) is 5.78 Å². The van der Waals surface area contributed by atoms with Crippen LogP contribution in [0, 0.1) is 17.8 Å². The third-order valence-electron chi connectivity index (χ3n) is 3.86. The monoisotopic (exact) mass is 180 g/mol. The Labute approximate surface area is 80.9 Å². The third kappa shape index (κ3) is 2.12. The van der Waals surface area contributed by atoms with Gasteiger partial charge in [-0.15, -0.1) is 0 Å². The first kappa shape index (κ1) is 9.23. The van der Waals surface area contributed by atoms with E-state index in [0.717, 1.165) is 18.3 Å². The van der Waals surface area contributed by atoms with Crippen molar-refractivity contribution in [3.8, 4) is 0 Å². The first-order valence-electron chi connectivity index (χ1n) is 5.78. The van der Waals surface area contributed by atoms with E-state index in [0.29, 0.717) is 11.7 Å². The van der Waals surface area contributed by atoms with E-state index in [1.807, 2.05) is 0 Å². The van der Waals surface area contributed by atoms with Gasteiger partial charge in [0.25, 0.3) is 0 Å². The van der Waals surface area contributed by atoms with Crippen LogP contribution in [0.5, 0.6) is 0 Å². The Morgan fingerprint density at radius 3 is 2.46 bits per heavy atom. The van der Waals surface area contributed by atoms with E-state index < -0.39 is 0 Å². The van der Waals surface area contributed by atoms with Gasteiger partial charge in [0.15, 0.2) is 0 Å². The zero-order chi connectivity index (χ0) is 9.26. The maximum atomic E-state index is 11.8. The topological polar surface area (TPSA) is 17.1 Å². The van der Waals surface area contributed by atoms with Crippen molar-refractivity contribution in [2.24, 2.45) is 17.8 Å². The van der Waals surface area contributed by atoms with E-state index in [1.165, 1.54) is 38.5 Å². The summed E-state index contributed by atoms with van der Waals surface area (Å²) >= 11 is 0. The zero-order valence-electron chi connectivity index (χ0n) is 8.59. The van der Waals surface area contributed by atoms with E-state index >= 15 is 0 Å². The summed E-state index contributed by atoms with van der Waals surface area (Å²) in [5.41, 5.74) is 0. The number of Topliss-reactive ketones (excluding diaryl/α,β-unsaturated/α-hetero) is 1. The molecule has 0 saturated heterocycles. The summed E-state index contributed by atoms with van der Waals surface area (Å²) in [6, 6.07) is 0. The Hall–Kier alpha value is -0.330. The molecule has 0 aromatic rings. The summed E-state index contributed by atoms with van der Waals surface area (Å²) in [5.74, 6) is 2.59. The molecule has 0 aliphatic heterocycles. The minimum atomic E-state index is 0.440. The van der Waals surface area contributed by atoms with Crippen molar-refractivity contribution in [2.45, 2.75) is 51.9 Å². The van der Waals surface area contributed by atoms with Gasteiger partial charge in [0.2, 0.25) is 0 Å². The molecule has 2 rings (SSSR count). The molecule has 0 amide bonds. The van der Waals surface area contributed by atoms with Gasteiger partial charge in [-0.2, -0.15) is 0 Å². The second kappa shape index (κ2) is 3.81. The van der Waals surface area contributed by atoms with Crippen molar-refractivity contribution in [3.63, 3.8) is 0 Å². The lowest BCUT2D eigenvalue weighted by Gasteiger charge is -2.25. The van der Waals surface area contributed by atoms with Gasteiger partial charge in [-0.3, -0.25) is 4.79 Å².